The molecule has 1 amide bonds. The molecule has 5 heteroatoms. The van der Waals surface area contributed by atoms with E-state index in [0.717, 1.165) is 31.7 Å². The number of hydrogen-bond acceptors (Lipinski definition) is 1. The Labute approximate surface area is 109 Å². The minimum atomic E-state index is -1.11. The largest absolute Gasteiger partial charge is 0.348 e. The van der Waals surface area contributed by atoms with Crippen molar-refractivity contribution in [1.82, 2.24) is 5.32 Å². The molecule has 0 heterocycles. The van der Waals surface area contributed by atoms with Gasteiger partial charge >= 0.3 is 0 Å². The van der Waals surface area contributed by atoms with Crippen molar-refractivity contribution < 1.29 is 13.6 Å². The molecule has 2 atom stereocenters. The second-order valence-corrected chi connectivity index (χ2v) is 5.04. The number of alkyl halides is 1. The highest BCUT2D eigenvalue weighted by molar-refractivity contribution is 6.21. The molecule has 0 aliphatic heterocycles. The number of benzene rings is 1. The average molecular weight is 274 g/mol. The molecule has 1 N–H and O–H groups in total. The lowest BCUT2D eigenvalue weighted by Crippen LogP contribution is -2.43. The van der Waals surface area contributed by atoms with E-state index >= 15 is 0 Å². The third kappa shape index (κ3) is 2.80. The lowest BCUT2D eigenvalue weighted by molar-refractivity contribution is 0.0923. The Hall–Kier alpha value is -1.16. The van der Waals surface area contributed by atoms with E-state index in [0.29, 0.717) is 0 Å². The van der Waals surface area contributed by atoms with E-state index in [2.05, 4.69) is 5.32 Å². The standard InChI is InChI=1S/C13H14ClF2NO/c14-9-5-1-2-7-11(9)17-13(18)8-4-3-6-10(15)12(8)16/h3-4,6,9,11H,1-2,5,7H2,(H,17,18). The van der Waals surface area contributed by atoms with Crippen LogP contribution in [-0.2, 0) is 0 Å². The summed E-state index contributed by atoms with van der Waals surface area (Å²) < 4.78 is 26.4. The summed E-state index contributed by atoms with van der Waals surface area (Å²) in [5.41, 5.74) is -0.274. The van der Waals surface area contributed by atoms with Crippen LogP contribution < -0.4 is 5.32 Å². The molecule has 0 spiro atoms. The summed E-state index contributed by atoms with van der Waals surface area (Å²) in [6.45, 7) is 0. The molecule has 1 aromatic rings. The van der Waals surface area contributed by atoms with E-state index in [9.17, 15) is 13.6 Å². The first-order chi connectivity index (χ1) is 8.59. The number of rotatable bonds is 2. The molecule has 1 saturated carbocycles. The van der Waals surface area contributed by atoms with Gasteiger partial charge in [0, 0.05) is 6.04 Å². The molecule has 0 aromatic heterocycles. The van der Waals surface area contributed by atoms with E-state index in [1.807, 2.05) is 0 Å². The van der Waals surface area contributed by atoms with Gasteiger partial charge in [0.05, 0.1) is 10.9 Å². The van der Waals surface area contributed by atoms with Gasteiger partial charge in [-0.3, -0.25) is 4.79 Å². The molecule has 2 nitrogen and oxygen atoms in total. The molecule has 2 rings (SSSR count). The maximum absolute atomic E-state index is 13.4. The summed E-state index contributed by atoms with van der Waals surface area (Å²) in [6, 6.07) is 3.39. The molecule has 18 heavy (non-hydrogen) atoms. The van der Waals surface area contributed by atoms with Gasteiger partial charge in [0.15, 0.2) is 11.6 Å². The predicted molar refractivity (Wildman–Crippen MR) is 65.7 cm³/mol. The number of amides is 1. The molecule has 0 bridgehead atoms. The fourth-order valence-electron chi connectivity index (χ4n) is 2.17. The predicted octanol–water partition coefficient (Wildman–Crippen LogP) is 3.24. The van der Waals surface area contributed by atoms with Crippen molar-refractivity contribution in [2.75, 3.05) is 0 Å². The topological polar surface area (TPSA) is 29.1 Å². The minimum absolute atomic E-state index is 0.140. The first kappa shape index (κ1) is 13.3. The zero-order valence-corrected chi connectivity index (χ0v) is 10.5. The van der Waals surface area contributed by atoms with Crippen LogP contribution >= 0.6 is 11.6 Å². The molecule has 1 aromatic carbocycles. The molecule has 0 saturated heterocycles. The molecule has 1 aliphatic rings. The van der Waals surface area contributed by atoms with E-state index in [-0.39, 0.29) is 17.0 Å². The molecular formula is C13H14ClF2NO. The molecule has 2 unspecified atom stereocenters. The van der Waals surface area contributed by atoms with Crippen LogP contribution in [0.25, 0.3) is 0 Å². The molecular weight excluding hydrogens is 260 g/mol. The van der Waals surface area contributed by atoms with Crippen LogP contribution in [0.5, 0.6) is 0 Å². The summed E-state index contributed by atoms with van der Waals surface area (Å²) in [5, 5.41) is 2.54. The van der Waals surface area contributed by atoms with Crippen molar-refractivity contribution in [2.24, 2.45) is 0 Å². The van der Waals surface area contributed by atoms with Crippen molar-refractivity contribution in [3.63, 3.8) is 0 Å². The Balaban J connectivity index is 2.09. The number of halogens is 3. The van der Waals surface area contributed by atoms with Crippen molar-refractivity contribution in [3.05, 3.63) is 35.4 Å². The summed E-state index contributed by atoms with van der Waals surface area (Å²) in [6.07, 6.45) is 3.63. The van der Waals surface area contributed by atoms with Gasteiger partial charge in [-0.2, -0.15) is 0 Å². The molecule has 98 valence electrons. The maximum atomic E-state index is 13.4. The van der Waals surface area contributed by atoms with Gasteiger partial charge in [-0.25, -0.2) is 8.78 Å². The highest BCUT2D eigenvalue weighted by atomic mass is 35.5. The van der Waals surface area contributed by atoms with Gasteiger partial charge in [0.1, 0.15) is 0 Å². The number of nitrogens with one attached hydrogen (secondary N) is 1. The van der Waals surface area contributed by atoms with Gasteiger partial charge in [-0.1, -0.05) is 18.9 Å². The summed E-state index contributed by atoms with van der Waals surface area (Å²) >= 11 is 6.10. The van der Waals surface area contributed by atoms with Crippen LogP contribution in [-0.4, -0.2) is 17.3 Å². The van der Waals surface area contributed by atoms with Gasteiger partial charge < -0.3 is 5.32 Å². The lowest BCUT2D eigenvalue weighted by Gasteiger charge is -2.27. The average Bonchev–Trinajstić information content (AvgIpc) is 2.35. The molecule has 1 fully saturated rings. The van der Waals surface area contributed by atoms with Gasteiger partial charge in [0.2, 0.25) is 0 Å². The Morgan fingerprint density at radius 2 is 2.00 bits per heavy atom. The zero-order valence-electron chi connectivity index (χ0n) is 9.76. The van der Waals surface area contributed by atoms with E-state index in [4.69, 9.17) is 11.6 Å². The SMILES string of the molecule is O=C(NC1CCCCC1Cl)c1cccc(F)c1F. The Morgan fingerprint density at radius 1 is 1.28 bits per heavy atom. The monoisotopic (exact) mass is 273 g/mol. The highest BCUT2D eigenvalue weighted by Gasteiger charge is 2.26. The van der Waals surface area contributed by atoms with Crippen LogP contribution in [0.1, 0.15) is 36.0 Å². The summed E-state index contributed by atoms with van der Waals surface area (Å²) in [4.78, 5) is 11.9. The molecule has 1 aliphatic carbocycles. The number of carbonyl (C=O) groups excluding carboxylic acids is 1. The van der Waals surface area contributed by atoms with Crippen molar-refractivity contribution in [2.45, 2.75) is 37.1 Å². The maximum Gasteiger partial charge on any atom is 0.254 e. The Morgan fingerprint density at radius 3 is 2.72 bits per heavy atom. The quantitative estimate of drug-likeness (QED) is 0.824. The minimum Gasteiger partial charge on any atom is -0.348 e. The fraction of sp³-hybridized carbons (Fsp3) is 0.462. The third-order valence-corrected chi connectivity index (χ3v) is 3.72. The lowest BCUT2D eigenvalue weighted by atomic mass is 9.94. The van der Waals surface area contributed by atoms with Gasteiger partial charge in [-0.15, -0.1) is 11.6 Å². The Bertz CT molecular complexity index is 453. The highest BCUT2D eigenvalue weighted by Crippen LogP contribution is 2.23. The second kappa shape index (κ2) is 5.65. The van der Waals surface area contributed by atoms with Crippen molar-refractivity contribution in [1.29, 1.82) is 0 Å². The smallest absolute Gasteiger partial charge is 0.254 e. The Kier molecular flexibility index (Phi) is 4.17. The molecule has 0 radical (unpaired) electrons. The van der Waals surface area contributed by atoms with Gasteiger partial charge in [-0.05, 0) is 25.0 Å². The second-order valence-electron chi connectivity index (χ2n) is 4.48. The number of carbonyl (C=O) groups is 1. The van der Waals surface area contributed by atoms with Crippen LogP contribution in [0.4, 0.5) is 8.78 Å². The number of hydrogen-bond donors (Lipinski definition) is 1. The summed E-state index contributed by atoms with van der Waals surface area (Å²) in [7, 11) is 0. The van der Waals surface area contributed by atoms with E-state index < -0.39 is 17.5 Å². The first-order valence-electron chi connectivity index (χ1n) is 5.98. The van der Waals surface area contributed by atoms with Gasteiger partial charge in [0.25, 0.3) is 5.91 Å². The van der Waals surface area contributed by atoms with Crippen molar-refractivity contribution in [3.8, 4) is 0 Å². The van der Waals surface area contributed by atoms with Crippen LogP contribution in [0, 0.1) is 11.6 Å². The summed E-state index contributed by atoms with van der Waals surface area (Å²) in [5.74, 6) is -2.74. The van der Waals surface area contributed by atoms with Crippen LogP contribution in [0.15, 0.2) is 18.2 Å². The zero-order chi connectivity index (χ0) is 13.1. The third-order valence-electron chi connectivity index (χ3n) is 3.19. The van der Waals surface area contributed by atoms with E-state index in [1.54, 1.807) is 0 Å². The fourth-order valence-corrected chi connectivity index (χ4v) is 2.52. The van der Waals surface area contributed by atoms with Crippen LogP contribution in [0.3, 0.4) is 0 Å². The van der Waals surface area contributed by atoms with Crippen molar-refractivity contribution >= 4 is 17.5 Å². The van der Waals surface area contributed by atoms with Crippen LogP contribution in [0.2, 0.25) is 0 Å². The first-order valence-corrected chi connectivity index (χ1v) is 6.42. The normalized spacial score (nSPS) is 23.7. The van der Waals surface area contributed by atoms with E-state index in [1.165, 1.54) is 12.1 Å².